The van der Waals surface area contributed by atoms with Gasteiger partial charge in [-0.15, -0.1) is 0 Å². The molecule has 0 fully saturated rings. The molecule has 0 aliphatic heterocycles. The van der Waals surface area contributed by atoms with Crippen LogP contribution >= 0.6 is 0 Å². The second-order valence-electron chi connectivity index (χ2n) is 4.26. The number of carbonyl (C=O) groups is 2. The SMILES string of the molecule is O=C(F)C(=O)C(F)(F)C(F)(F)C(F)(F)C(F)(F)C(F)(F)C(F)C(F)F. The summed E-state index contributed by atoms with van der Waals surface area (Å²) in [4.78, 5) is 19.8. The van der Waals surface area contributed by atoms with E-state index in [1.807, 2.05) is 0 Å². The molecule has 0 N–H and O–H groups in total. The van der Waals surface area contributed by atoms with Crippen molar-refractivity contribution in [1.29, 1.82) is 0 Å². The fraction of sp³-hybridized carbons (Fsp3) is 0.778. The predicted molar refractivity (Wildman–Crippen MR) is 46.8 cm³/mol. The van der Waals surface area contributed by atoms with Gasteiger partial charge in [-0.1, -0.05) is 0 Å². The van der Waals surface area contributed by atoms with E-state index < -0.39 is 54.0 Å². The molecule has 16 heteroatoms. The Morgan fingerprint density at radius 1 is 0.640 bits per heavy atom. The van der Waals surface area contributed by atoms with Crippen molar-refractivity contribution in [2.75, 3.05) is 0 Å². The van der Waals surface area contributed by atoms with Crippen LogP contribution in [0.2, 0.25) is 0 Å². The highest BCUT2D eigenvalue weighted by Crippen LogP contribution is 2.58. The number of hydrogen-bond acceptors (Lipinski definition) is 2. The van der Waals surface area contributed by atoms with Crippen LogP contribution in [-0.4, -0.2) is 54.0 Å². The summed E-state index contributed by atoms with van der Waals surface area (Å²) in [5.74, 6) is -42.9. The molecule has 0 radical (unpaired) electrons. The monoisotopic (exact) mass is 408 g/mol. The highest BCUT2D eigenvalue weighted by Gasteiger charge is 2.89. The number of hydrogen-bond donors (Lipinski definition) is 0. The molecule has 0 aliphatic rings. The summed E-state index contributed by atoms with van der Waals surface area (Å²) in [5.41, 5.74) is 0. The van der Waals surface area contributed by atoms with Gasteiger partial charge in [-0.3, -0.25) is 9.59 Å². The van der Waals surface area contributed by atoms with Crippen molar-refractivity contribution in [2.45, 2.75) is 42.2 Å². The third kappa shape index (κ3) is 3.14. The van der Waals surface area contributed by atoms with Crippen molar-refractivity contribution >= 4 is 11.8 Å². The third-order valence-corrected chi connectivity index (χ3v) is 2.63. The van der Waals surface area contributed by atoms with Gasteiger partial charge in [0.05, 0.1) is 0 Å². The van der Waals surface area contributed by atoms with Gasteiger partial charge >= 0.3 is 41.4 Å². The second kappa shape index (κ2) is 6.26. The van der Waals surface area contributed by atoms with Gasteiger partial charge in [0.25, 0.3) is 6.43 Å². The molecule has 1 atom stereocenters. The van der Waals surface area contributed by atoms with Crippen LogP contribution in [0, 0.1) is 0 Å². The van der Waals surface area contributed by atoms with E-state index in [1.54, 1.807) is 0 Å². The Morgan fingerprint density at radius 2 is 1.00 bits per heavy atom. The minimum absolute atomic E-state index is 4.04. The lowest BCUT2D eigenvalue weighted by atomic mass is 9.91. The molecular weight excluding hydrogens is 406 g/mol. The maximum absolute atomic E-state index is 13.0. The zero-order valence-corrected chi connectivity index (χ0v) is 10.8. The molecule has 1 unspecified atom stereocenters. The molecule has 0 rings (SSSR count). The number of alkyl halides is 13. The number of ketones is 1. The normalized spacial score (nSPS) is 16.1. The zero-order chi connectivity index (χ0) is 20.8. The van der Waals surface area contributed by atoms with Crippen molar-refractivity contribution in [3.05, 3.63) is 0 Å². The van der Waals surface area contributed by atoms with E-state index in [4.69, 9.17) is 0 Å². The Kier molecular flexibility index (Phi) is 5.85. The topological polar surface area (TPSA) is 34.1 Å². The van der Waals surface area contributed by atoms with Gasteiger partial charge < -0.3 is 0 Å². The highest BCUT2D eigenvalue weighted by atomic mass is 19.4. The Hall–Kier alpha value is -1.64. The molecule has 25 heavy (non-hydrogen) atoms. The number of rotatable bonds is 8. The van der Waals surface area contributed by atoms with E-state index in [0.717, 1.165) is 0 Å². The molecule has 0 aromatic rings. The Morgan fingerprint density at radius 3 is 1.28 bits per heavy atom. The van der Waals surface area contributed by atoms with Crippen LogP contribution in [0.5, 0.6) is 0 Å². The summed E-state index contributed by atoms with van der Waals surface area (Å²) in [5, 5.41) is 0. The molecule has 0 spiro atoms. The van der Waals surface area contributed by atoms with Crippen LogP contribution in [0.15, 0.2) is 0 Å². The predicted octanol–water partition coefficient (Wildman–Crippen LogP) is 3.83. The summed E-state index contributed by atoms with van der Waals surface area (Å²) >= 11 is 0. The van der Waals surface area contributed by atoms with Crippen LogP contribution in [0.25, 0.3) is 0 Å². The van der Waals surface area contributed by atoms with Crippen LogP contribution in [0.1, 0.15) is 0 Å². The van der Waals surface area contributed by atoms with Gasteiger partial charge in [-0.25, -0.2) is 13.2 Å². The lowest BCUT2D eigenvalue weighted by Crippen LogP contribution is -2.71. The number of carbonyl (C=O) groups excluding carboxylic acids is 2. The van der Waals surface area contributed by atoms with Crippen molar-refractivity contribution in [2.24, 2.45) is 0 Å². The highest BCUT2D eigenvalue weighted by molar-refractivity contribution is 6.36. The van der Waals surface area contributed by atoms with Crippen molar-refractivity contribution in [1.82, 2.24) is 0 Å². The van der Waals surface area contributed by atoms with Crippen LogP contribution in [0.4, 0.5) is 61.5 Å². The number of halogens is 14. The minimum atomic E-state index is -8.09. The summed E-state index contributed by atoms with van der Waals surface area (Å²) in [6, 6.07) is -4.04. The summed E-state index contributed by atoms with van der Waals surface area (Å²) in [6.07, 6.45) is -10.7. The summed E-state index contributed by atoms with van der Waals surface area (Å²) in [7, 11) is 0. The molecule has 0 heterocycles. The van der Waals surface area contributed by atoms with Crippen LogP contribution in [0.3, 0.4) is 0 Å². The first-order valence-electron chi connectivity index (χ1n) is 5.26. The molecule has 0 saturated carbocycles. The van der Waals surface area contributed by atoms with E-state index in [-0.39, 0.29) is 0 Å². The van der Waals surface area contributed by atoms with Crippen molar-refractivity contribution in [3.63, 3.8) is 0 Å². The maximum atomic E-state index is 13.0. The van der Waals surface area contributed by atoms with Crippen molar-refractivity contribution < 1.29 is 71.1 Å². The molecule has 0 bridgehead atoms. The molecule has 148 valence electrons. The fourth-order valence-corrected chi connectivity index (χ4v) is 1.20. The quantitative estimate of drug-likeness (QED) is 0.348. The first-order chi connectivity index (χ1) is 10.7. The molecule has 0 aromatic carbocycles. The van der Waals surface area contributed by atoms with Crippen LogP contribution < -0.4 is 0 Å². The van der Waals surface area contributed by atoms with Gasteiger partial charge in [0.2, 0.25) is 6.17 Å². The molecular formula is C9H2F14O2. The maximum Gasteiger partial charge on any atom is 0.386 e. The molecule has 0 saturated heterocycles. The third-order valence-electron chi connectivity index (χ3n) is 2.63. The van der Waals surface area contributed by atoms with Gasteiger partial charge in [0.1, 0.15) is 0 Å². The Balaban J connectivity index is 6.35. The Bertz CT molecular complexity index is 538. The van der Waals surface area contributed by atoms with E-state index in [1.165, 1.54) is 0 Å². The first kappa shape index (κ1) is 23.4. The number of Topliss-reactive ketones (excluding diaryl/α,β-unsaturated/α-hetero) is 1. The van der Waals surface area contributed by atoms with E-state index in [0.29, 0.717) is 0 Å². The van der Waals surface area contributed by atoms with Gasteiger partial charge in [-0.2, -0.15) is 48.3 Å². The van der Waals surface area contributed by atoms with E-state index >= 15 is 0 Å². The average Bonchev–Trinajstić information content (AvgIpc) is 2.44. The summed E-state index contributed by atoms with van der Waals surface area (Å²) < 4.78 is 176. The second-order valence-corrected chi connectivity index (χ2v) is 4.26. The van der Waals surface area contributed by atoms with Gasteiger partial charge in [0, 0.05) is 0 Å². The van der Waals surface area contributed by atoms with Gasteiger partial charge in [-0.05, 0) is 0 Å². The van der Waals surface area contributed by atoms with Gasteiger partial charge in [0.15, 0.2) is 0 Å². The summed E-state index contributed by atoms with van der Waals surface area (Å²) in [6.45, 7) is 0. The molecule has 0 aliphatic carbocycles. The molecule has 2 nitrogen and oxygen atoms in total. The van der Waals surface area contributed by atoms with E-state index in [2.05, 4.69) is 0 Å². The lowest BCUT2D eigenvalue weighted by Gasteiger charge is -2.39. The largest absolute Gasteiger partial charge is 0.386 e. The zero-order valence-electron chi connectivity index (χ0n) is 10.8. The minimum Gasteiger partial charge on any atom is -0.281 e. The van der Waals surface area contributed by atoms with E-state index in [9.17, 15) is 71.1 Å². The Labute approximate surface area is 126 Å². The lowest BCUT2D eigenvalue weighted by molar-refractivity contribution is -0.404. The van der Waals surface area contributed by atoms with Crippen molar-refractivity contribution in [3.8, 4) is 0 Å². The molecule has 0 amide bonds. The standard InChI is InChI=1S/C9H2F14O2/c10-1(3(11)12)5(14,15)7(18,19)9(22,23)8(20,21)6(16,17)2(24)4(13)25/h1,3H. The smallest absolute Gasteiger partial charge is 0.281 e. The fourth-order valence-electron chi connectivity index (χ4n) is 1.20. The molecule has 0 aromatic heterocycles. The first-order valence-corrected chi connectivity index (χ1v) is 5.26. The average molecular weight is 408 g/mol. The van der Waals surface area contributed by atoms with Crippen LogP contribution in [-0.2, 0) is 9.59 Å².